The molecule has 4 heteroatoms. The van der Waals surface area contributed by atoms with Gasteiger partial charge in [0.2, 0.25) is 0 Å². The first kappa shape index (κ1) is 12.6. The molecule has 0 aliphatic carbocycles. The molecule has 0 radical (unpaired) electrons. The summed E-state index contributed by atoms with van der Waals surface area (Å²) < 4.78 is 4.96. The van der Waals surface area contributed by atoms with Crippen LogP contribution in [0.2, 0.25) is 0 Å². The maximum Gasteiger partial charge on any atom is 0.334 e. The van der Waals surface area contributed by atoms with Crippen molar-refractivity contribution in [2.45, 2.75) is 25.8 Å². The maximum atomic E-state index is 11.5. The highest BCUT2D eigenvalue weighted by Crippen LogP contribution is 2.21. The third kappa shape index (κ3) is 3.07. The molecule has 4 nitrogen and oxygen atoms in total. The van der Waals surface area contributed by atoms with E-state index < -0.39 is 0 Å². The molecule has 2 aliphatic heterocycles. The Morgan fingerprint density at radius 3 is 3.00 bits per heavy atom. The second-order valence-electron chi connectivity index (χ2n) is 4.89. The number of hydrogen-bond donors (Lipinski definition) is 0. The predicted octanol–water partition coefficient (Wildman–Crippen LogP) is 0.886. The highest BCUT2D eigenvalue weighted by Gasteiger charge is 2.30. The van der Waals surface area contributed by atoms with E-state index in [0.717, 1.165) is 19.6 Å². The van der Waals surface area contributed by atoms with Crippen LogP contribution in [0.3, 0.4) is 0 Å². The van der Waals surface area contributed by atoms with Gasteiger partial charge in [0.15, 0.2) is 0 Å². The number of rotatable bonds is 4. The quantitative estimate of drug-likeness (QED) is 0.538. The lowest BCUT2D eigenvalue weighted by molar-refractivity contribution is -0.138. The van der Waals surface area contributed by atoms with Crippen LogP contribution in [0.15, 0.2) is 12.2 Å². The Morgan fingerprint density at radius 2 is 2.24 bits per heavy atom. The van der Waals surface area contributed by atoms with E-state index >= 15 is 0 Å². The molecule has 2 aliphatic rings. The normalized spacial score (nSPS) is 25.6. The molecule has 0 amide bonds. The molecule has 2 saturated heterocycles. The molecule has 1 atom stereocenters. The molecule has 2 rings (SSSR count). The topological polar surface area (TPSA) is 32.8 Å². The Morgan fingerprint density at radius 1 is 1.41 bits per heavy atom. The first-order valence-corrected chi connectivity index (χ1v) is 6.52. The van der Waals surface area contributed by atoms with Crippen LogP contribution >= 0.6 is 0 Å². The third-order valence-electron chi connectivity index (χ3n) is 3.65. The van der Waals surface area contributed by atoms with E-state index in [1.807, 2.05) is 6.92 Å². The van der Waals surface area contributed by atoms with Gasteiger partial charge in [-0.25, -0.2) is 4.79 Å². The summed E-state index contributed by atoms with van der Waals surface area (Å²) in [5.74, 6) is -0.249. The Labute approximate surface area is 103 Å². The van der Waals surface area contributed by atoms with Crippen LogP contribution in [0.4, 0.5) is 0 Å². The lowest BCUT2D eigenvalue weighted by Crippen LogP contribution is -2.50. The first-order valence-electron chi connectivity index (χ1n) is 6.52. The minimum Gasteiger partial charge on any atom is -0.463 e. The fraction of sp³-hybridized carbons (Fsp3) is 0.769. The Kier molecular flexibility index (Phi) is 4.18. The molecular weight excluding hydrogens is 216 g/mol. The second-order valence-corrected chi connectivity index (χ2v) is 4.89. The lowest BCUT2D eigenvalue weighted by atomic mass is 10.1. The van der Waals surface area contributed by atoms with E-state index in [2.05, 4.69) is 16.4 Å². The van der Waals surface area contributed by atoms with Crippen LogP contribution in [0.25, 0.3) is 0 Å². The van der Waals surface area contributed by atoms with E-state index in [1.54, 1.807) is 0 Å². The summed E-state index contributed by atoms with van der Waals surface area (Å²) in [6.07, 6.45) is 2.61. The van der Waals surface area contributed by atoms with Gasteiger partial charge in [0.25, 0.3) is 0 Å². The number of carbonyl (C=O) groups is 1. The molecule has 0 aromatic rings. The third-order valence-corrected chi connectivity index (χ3v) is 3.65. The summed E-state index contributed by atoms with van der Waals surface area (Å²) in [5.41, 5.74) is 0.582. The molecule has 0 saturated carbocycles. The van der Waals surface area contributed by atoms with Gasteiger partial charge >= 0.3 is 5.97 Å². The van der Waals surface area contributed by atoms with Crippen LogP contribution in [-0.2, 0) is 9.53 Å². The zero-order valence-electron chi connectivity index (χ0n) is 10.7. The number of fused-ring (bicyclic) bond motifs is 1. The Hall–Kier alpha value is -0.870. The molecule has 0 bridgehead atoms. The van der Waals surface area contributed by atoms with Crippen LogP contribution < -0.4 is 0 Å². The van der Waals surface area contributed by atoms with Crippen molar-refractivity contribution in [3.8, 4) is 0 Å². The maximum absolute atomic E-state index is 11.5. The van der Waals surface area contributed by atoms with E-state index in [4.69, 9.17) is 4.74 Å². The van der Waals surface area contributed by atoms with Crippen molar-refractivity contribution in [2.75, 3.05) is 39.3 Å². The summed E-state index contributed by atoms with van der Waals surface area (Å²) in [6.45, 7) is 11.2. The molecule has 2 heterocycles. The van der Waals surface area contributed by atoms with Gasteiger partial charge in [-0.05, 0) is 26.3 Å². The van der Waals surface area contributed by atoms with Crippen molar-refractivity contribution in [1.82, 2.24) is 9.80 Å². The van der Waals surface area contributed by atoms with Crippen LogP contribution in [0.1, 0.15) is 19.8 Å². The molecule has 96 valence electrons. The van der Waals surface area contributed by atoms with Gasteiger partial charge in [0.05, 0.1) is 6.61 Å². The highest BCUT2D eigenvalue weighted by atomic mass is 16.5. The van der Waals surface area contributed by atoms with Gasteiger partial charge in [-0.15, -0.1) is 0 Å². The monoisotopic (exact) mass is 238 g/mol. The summed E-state index contributed by atoms with van der Waals surface area (Å²) in [6, 6.07) is 0.693. The number of esters is 1. The fourth-order valence-corrected chi connectivity index (χ4v) is 2.77. The minimum absolute atomic E-state index is 0.249. The highest BCUT2D eigenvalue weighted by molar-refractivity contribution is 5.88. The zero-order valence-corrected chi connectivity index (χ0v) is 10.7. The smallest absolute Gasteiger partial charge is 0.334 e. The predicted molar refractivity (Wildman–Crippen MR) is 66.8 cm³/mol. The average Bonchev–Trinajstić information content (AvgIpc) is 2.76. The zero-order chi connectivity index (χ0) is 12.3. The molecule has 1 unspecified atom stereocenters. The second kappa shape index (κ2) is 5.65. The van der Waals surface area contributed by atoms with Crippen molar-refractivity contribution >= 4 is 5.97 Å². The number of carbonyl (C=O) groups excluding carboxylic acids is 1. The van der Waals surface area contributed by atoms with Crippen LogP contribution in [0.5, 0.6) is 0 Å². The summed E-state index contributed by atoms with van der Waals surface area (Å²) >= 11 is 0. The molecule has 0 N–H and O–H groups in total. The number of ether oxygens (including phenoxy) is 1. The van der Waals surface area contributed by atoms with Crippen molar-refractivity contribution in [3.63, 3.8) is 0 Å². The summed E-state index contributed by atoms with van der Waals surface area (Å²) in [5, 5.41) is 0. The molecule has 17 heavy (non-hydrogen) atoms. The SMILES string of the molecule is C=C(CN1CCN2CCCC2C1)C(=O)OCC. The van der Waals surface area contributed by atoms with E-state index in [1.165, 1.54) is 19.4 Å². The van der Waals surface area contributed by atoms with E-state index in [0.29, 0.717) is 24.8 Å². The van der Waals surface area contributed by atoms with Crippen LogP contribution in [-0.4, -0.2) is 61.1 Å². The van der Waals surface area contributed by atoms with Crippen molar-refractivity contribution in [2.24, 2.45) is 0 Å². The fourth-order valence-electron chi connectivity index (χ4n) is 2.77. The van der Waals surface area contributed by atoms with E-state index in [-0.39, 0.29) is 5.97 Å². The van der Waals surface area contributed by atoms with Gasteiger partial charge in [0, 0.05) is 37.8 Å². The lowest BCUT2D eigenvalue weighted by Gasteiger charge is -2.37. The van der Waals surface area contributed by atoms with Crippen molar-refractivity contribution in [1.29, 1.82) is 0 Å². The van der Waals surface area contributed by atoms with Crippen molar-refractivity contribution in [3.05, 3.63) is 12.2 Å². The molecular formula is C13H22N2O2. The van der Waals surface area contributed by atoms with Gasteiger partial charge < -0.3 is 4.74 Å². The number of piperazine rings is 1. The van der Waals surface area contributed by atoms with E-state index in [9.17, 15) is 4.79 Å². The van der Waals surface area contributed by atoms with Gasteiger partial charge in [-0.2, -0.15) is 0 Å². The standard InChI is InChI=1S/C13H22N2O2/c1-3-17-13(16)11(2)9-14-7-8-15-6-4-5-12(15)10-14/h12H,2-10H2,1H3. The number of hydrogen-bond acceptors (Lipinski definition) is 4. The molecule has 0 spiro atoms. The number of nitrogens with zero attached hydrogens (tertiary/aromatic N) is 2. The summed E-state index contributed by atoms with van der Waals surface area (Å²) in [7, 11) is 0. The molecule has 0 aromatic carbocycles. The van der Waals surface area contributed by atoms with Crippen LogP contribution in [0, 0.1) is 0 Å². The molecule has 2 fully saturated rings. The first-order chi connectivity index (χ1) is 8.20. The Bertz CT molecular complexity index is 304. The average molecular weight is 238 g/mol. The van der Waals surface area contributed by atoms with Crippen molar-refractivity contribution < 1.29 is 9.53 Å². The Balaban J connectivity index is 1.79. The summed E-state index contributed by atoms with van der Waals surface area (Å²) in [4.78, 5) is 16.4. The van der Waals surface area contributed by atoms with Gasteiger partial charge in [0.1, 0.15) is 0 Å². The largest absolute Gasteiger partial charge is 0.463 e. The molecule has 0 aromatic heterocycles. The minimum atomic E-state index is -0.249. The van der Waals surface area contributed by atoms with Gasteiger partial charge in [-0.1, -0.05) is 6.58 Å². The van der Waals surface area contributed by atoms with Gasteiger partial charge in [-0.3, -0.25) is 9.80 Å².